The van der Waals surface area contributed by atoms with Crippen molar-refractivity contribution in [1.82, 2.24) is 4.98 Å². The van der Waals surface area contributed by atoms with Crippen molar-refractivity contribution in [3.8, 4) is 5.75 Å². The molecule has 0 saturated carbocycles. The molecule has 0 unspecified atom stereocenters. The van der Waals surface area contributed by atoms with Crippen molar-refractivity contribution in [2.45, 2.75) is 30.7 Å². The van der Waals surface area contributed by atoms with Gasteiger partial charge in [-0.25, -0.2) is 9.98 Å². The van der Waals surface area contributed by atoms with Gasteiger partial charge in [0.25, 0.3) is 0 Å². The fourth-order valence-corrected chi connectivity index (χ4v) is 5.13. The van der Waals surface area contributed by atoms with Gasteiger partial charge >= 0.3 is 0 Å². The Kier molecular flexibility index (Phi) is 6.79. The molecule has 1 aromatic heterocycles. The summed E-state index contributed by atoms with van der Waals surface area (Å²) in [5.74, 6) is 3.56. The van der Waals surface area contributed by atoms with Gasteiger partial charge in [-0.1, -0.05) is 24.3 Å². The number of aromatic nitrogens is 1. The number of nitrogens with zero attached hydrogens (tertiary/aromatic N) is 3. The number of fused-ring (bicyclic) bond motifs is 2. The predicted molar refractivity (Wildman–Crippen MR) is 139 cm³/mol. The average molecular weight is 460 g/mol. The van der Waals surface area contributed by atoms with Crippen LogP contribution in [-0.4, -0.2) is 36.3 Å². The van der Waals surface area contributed by atoms with E-state index in [9.17, 15) is 0 Å². The maximum absolute atomic E-state index is 6.06. The van der Waals surface area contributed by atoms with Gasteiger partial charge in [-0.05, 0) is 49.2 Å². The highest BCUT2D eigenvalue weighted by Gasteiger charge is 2.18. The number of anilines is 2. The normalized spacial score (nSPS) is 15.7. The summed E-state index contributed by atoms with van der Waals surface area (Å²) in [6.07, 6.45) is 6.55. The molecular weight excluding hydrogens is 430 g/mol. The van der Waals surface area contributed by atoms with E-state index in [-0.39, 0.29) is 0 Å². The second-order valence-corrected chi connectivity index (χ2v) is 9.34. The SMILES string of the molecule is NCCCNc1cc(N2CCSc3ccccc3C2)nc2ccc(OC3=NC=CCC3)cc12. The van der Waals surface area contributed by atoms with E-state index in [1.54, 1.807) is 0 Å². The molecule has 0 bridgehead atoms. The van der Waals surface area contributed by atoms with E-state index in [4.69, 9.17) is 15.5 Å². The summed E-state index contributed by atoms with van der Waals surface area (Å²) in [6.45, 7) is 3.29. The van der Waals surface area contributed by atoms with Crippen molar-refractivity contribution < 1.29 is 4.74 Å². The van der Waals surface area contributed by atoms with Crippen LogP contribution in [0, 0.1) is 0 Å². The molecule has 6 nitrogen and oxygen atoms in total. The number of thioether (sulfide) groups is 1. The van der Waals surface area contributed by atoms with Crippen LogP contribution in [0.2, 0.25) is 0 Å². The standard InChI is InChI=1S/C26H29N5OS/c27-11-5-13-28-23-17-25(31-14-15-33-24-7-2-1-6-19(24)18-31)30-22-10-9-20(16-21(22)23)32-26-8-3-4-12-29-26/h1-2,4,6-7,9-10,12,16-17H,3,5,8,11,13-15,18,27H2,(H,28,30). The summed E-state index contributed by atoms with van der Waals surface area (Å²) in [5, 5.41) is 4.63. The molecule has 0 aliphatic carbocycles. The van der Waals surface area contributed by atoms with Crippen molar-refractivity contribution >= 4 is 40.1 Å². The molecule has 170 valence electrons. The Morgan fingerprint density at radius 3 is 2.97 bits per heavy atom. The Balaban J connectivity index is 1.48. The van der Waals surface area contributed by atoms with Gasteiger partial charge in [0.05, 0.1) is 5.52 Å². The highest BCUT2D eigenvalue weighted by Crippen LogP contribution is 2.34. The first-order valence-electron chi connectivity index (χ1n) is 11.5. The van der Waals surface area contributed by atoms with Crippen molar-refractivity contribution in [2.24, 2.45) is 10.7 Å². The van der Waals surface area contributed by atoms with Gasteiger partial charge < -0.3 is 20.7 Å². The number of nitrogens with two attached hydrogens (primary N) is 1. The number of hydrogen-bond donors (Lipinski definition) is 2. The van der Waals surface area contributed by atoms with Gasteiger partial charge in [0.1, 0.15) is 11.6 Å². The molecule has 7 heteroatoms. The quantitative estimate of drug-likeness (QED) is 0.494. The number of rotatable bonds is 6. The molecule has 3 N–H and O–H groups in total. The van der Waals surface area contributed by atoms with Crippen molar-refractivity contribution in [2.75, 3.05) is 35.6 Å². The van der Waals surface area contributed by atoms with Crippen LogP contribution in [0.5, 0.6) is 5.75 Å². The fourth-order valence-electron chi connectivity index (χ4n) is 4.10. The molecule has 5 rings (SSSR count). The topological polar surface area (TPSA) is 75.8 Å². The van der Waals surface area contributed by atoms with Crippen LogP contribution >= 0.6 is 11.8 Å². The lowest BCUT2D eigenvalue weighted by atomic mass is 10.1. The van der Waals surface area contributed by atoms with E-state index in [2.05, 4.69) is 57.7 Å². The number of ether oxygens (including phenoxy) is 1. The molecule has 0 spiro atoms. The Labute approximate surface area is 198 Å². The minimum absolute atomic E-state index is 0.657. The zero-order valence-corrected chi connectivity index (χ0v) is 19.5. The second kappa shape index (κ2) is 10.3. The minimum atomic E-state index is 0.657. The van der Waals surface area contributed by atoms with Crippen LogP contribution in [0.25, 0.3) is 10.9 Å². The molecule has 0 amide bonds. The Morgan fingerprint density at radius 2 is 2.09 bits per heavy atom. The van der Waals surface area contributed by atoms with E-state index < -0.39 is 0 Å². The zero-order chi connectivity index (χ0) is 22.5. The van der Waals surface area contributed by atoms with Crippen LogP contribution in [0.3, 0.4) is 0 Å². The minimum Gasteiger partial charge on any atom is -0.443 e. The third-order valence-corrected chi connectivity index (χ3v) is 6.92. The van der Waals surface area contributed by atoms with Gasteiger partial charge in [0.2, 0.25) is 0 Å². The Hall–Kier alpha value is -3.03. The van der Waals surface area contributed by atoms with Gasteiger partial charge in [-0.15, -0.1) is 11.8 Å². The smallest absolute Gasteiger partial charge is 0.194 e. The number of nitrogens with one attached hydrogen (secondary N) is 1. The lowest BCUT2D eigenvalue weighted by Gasteiger charge is -2.23. The second-order valence-electron chi connectivity index (χ2n) is 8.20. The zero-order valence-electron chi connectivity index (χ0n) is 18.7. The van der Waals surface area contributed by atoms with E-state index >= 15 is 0 Å². The number of aliphatic imine (C=N–C) groups is 1. The van der Waals surface area contributed by atoms with Gasteiger partial charge in [-0.3, -0.25) is 0 Å². The van der Waals surface area contributed by atoms with Crippen LogP contribution in [0.15, 0.2) is 70.7 Å². The molecule has 0 fully saturated rings. The molecule has 2 aromatic carbocycles. The van der Waals surface area contributed by atoms with E-state index in [0.29, 0.717) is 6.54 Å². The monoisotopic (exact) mass is 459 g/mol. The summed E-state index contributed by atoms with van der Waals surface area (Å²) in [4.78, 5) is 13.1. The van der Waals surface area contributed by atoms with Crippen LogP contribution < -0.4 is 20.7 Å². The van der Waals surface area contributed by atoms with E-state index in [1.807, 2.05) is 30.1 Å². The molecule has 33 heavy (non-hydrogen) atoms. The van der Waals surface area contributed by atoms with Gasteiger partial charge in [0.15, 0.2) is 5.90 Å². The lowest BCUT2D eigenvalue weighted by Crippen LogP contribution is -2.25. The van der Waals surface area contributed by atoms with Crippen LogP contribution in [0.4, 0.5) is 11.5 Å². The first-order chi connectivity index (χ1) is 16.3. The largest absolute Gasteiger partial charge is 0.443 e. The highest BCUT2D eigenvalue weighted by molar-refractivity contribution is 7.99. The first kappa shape index (κ1) is 21.8. The Morgan fingerprint density at radius 1 is 1.15 bits per heavy atom. The molecule has 0 radical (unpaired) electrons. The van der Waals surface area contributed by atoms with Crippen molar-refractivity contribution in [1.29, 1.82) is 0 Å². The number of benzene rings is 2. The molecular formula is C26H29N5OS. The number of allylic oxidation sites excluding steroid dienone is 1. The summed E-state index contributed by atoms with van der Waals surface area (Å²) < 4.78 is 6.06. The average Bonchev–Trinajstić information content (AvgIpc) is 3.07. The third kappa shape index (κ3) is 5.15. The molecule has 2 aliphatic rings. The summed E-state index contributed by atoms with van der Waals surface area (Å²) in [6, 6.07) is 16.9. The number of pyridine rings is 1. The van der Waals surface area contributed by atoms with Gasteiger partial charge in [0, 0.05) is 60.0 Å². The predicted octanol–water partition coefficient (Wildman–Crippen LogP) is 5.19. The van der Waals surface area contributed by atoms with Gasteiger partial charge in [-0.2, -0.15) is 0 Å². The maximum Gasteiger partial charge on any atom is 0.194 e. The number of hydrogen-bond acceptors (Lipinski definition) is 7. The lowest BCUT2D eigenvalue weighted by molar-refractivity contribution is 0.530. The molecule has 0 saturated heterocycles. The van der Waals surface area contributed by atoms with E-state index in [1.165, 1.54) is 10.5 Å². The summed E-state index contributed by atoms with van der Waals surface area (Å²) in [5.41, 5.74) is 9.10. The van der Waals surface area contributed by atoms with Crippen LogP contribution in [0.1, 0.15) is 24.8 Å². The molecule has 0 atom stereocenters. The molecule has 2 aliphatic heterocycles. The van der Waals surface area contributed by atoms with Crippen LogP contribution in [-0.2, 0) is 6.54 Å². The van der Waals surface area contributed by atoms with Crippen molar-refractivity contribution in [3.05, 3.63) is 66.4 Å². The third-order valence-electron chi connectivity index (χ3n) is 5.82. The summed E-state index contributed by atoms with van der Waals surface area (Å²) in [7, 11) is 0. The Bertz CT molecular complexity index is 1190. The maximum atomic E-state index is 6.06. The first-order valence-corrected chi connectivity index (χ1v) is 12.5. The van der Waals surface area contributed by atoms with E-state index in [0.717, 1.165) is 78.7 Å². The highest BCUT2D eigenvalue weighted by atomic mass is 32.2. The molecule has 3 heterocycles. The fraction of sp³-hybridized carbons (Fsp3) is 0.308. The molecule has 3 aromatic rings. The van der Waals surface area contributed by atoms with Crippen molar-refractivity contribution in [3.63, 3.8) is 0 Å². The summed E-state index contributed by atoms with van der Waals surface area (Å²) >= 11 is 1.92.